The average molecular weight is 587 g/mol. The van der Waals surface area contributed by atoms with Gasteiger partial charge in [-0.25, -0.2) is 9.51 Å². The summed E-state index contributed by atoms with van der Waals surface area (Å²) in [6.07, 6.45) is 7.72. The molecule has 0 saturated heterocycles. The molecular formula is C28H40BrN5O2Si. The Bertz CT molecular complexity index is 1290. The van der Waals surface area contributed by atoms with E-state index in [4.69, 9.17) is 15.2 Å². The van der Waals surface area contributed by atoms with Crippen LogP contribution < -0.4 is 15.5 Å². The third-order valence-electron chi connectivity index (χ3n) is 7.78. The molecule has 0 radical (unpaired) electrons. The fourth-order valence-corrected chi connectivity index (χ4v) is 5.88. The maximum Gasteiger partial charge on any atom is 0.250 e. The van der Waals surface area contributed by atoms with Crippen molar-refractivity contribution in [3.63, 3.8) is 0 Å². The number of hydrogen-bond acceptors (Lipinski definition) is 5. The summed E-state index contributed by atoms with van der Waals surface area (Å²) >= 11 is 3.57. The Morgan fingerprint density at radius 1 is 1.24 bits per heavy atom. The molecule has 0 amide bonds. The lowest BCUT2D eigenvalue weighted by molar-refractivity contribution is 0.126. The van der Waals surface area contributed by atoms with Gasteiger partial charge in [-0.15, -0.1) is 0 Å². The second-order valence-electron chi connectivity index (χ2n) is 11.6. The molecule has 4 rings (SSSR count). The summed E-state index contributed by atoms with van der Waals surface area (Å²) < 4.78 is 9.31. The van der Waals surface area contributed by atoms with Gasteiger partial charge < -0.3 is 20.6 Å². The summed E-state index contributed by atoms with van der Waals surface area (Å²) in [6.45, 7) is 13.4. The Morgan fingerprint density at radius 3 is 2.59 bits per heavy atom. The van der Waals surface area contributed by atoms with Crippen LogP contribution in [-0.4, -0.2) is 41.0 Å². The number of benzene rings is 1. The number of aromatic nitrogens is 2. The van der Waals surface area contributed by atoms with Gasteiger partial charge in [0.05, 0.1) is 34.8 Å². The van der Waals surface area contributed by atoms with Gasteiger partial charge in [-0.2, -0.15) is 5.10 Å². The van der Waals surface area contributed by atoms with Gasteiger partial charge >= 0.3 is 0 Å². The van der Waals surface area contributed by atoms with E-state index >= 15 is 0 Å². The molecule has 0 unspecified atom stereocenters. The van der Waals surface area contributed by atoms with Crippen LogP contribution in [0.1, 0.15) is 64.5 Å². The van der Waals surface area contributed by atoms with Crippen molar-refractivity contribution in [2.45, 2.75) is 90.1 Å². The van der Waals surface area contributed by atoms with Crippen LogP contribution in [0.2, 0.25) is 18.1 Å². The van der Waals surface area contributed by atoms with E-state index in [9.17, 15) is 5.11 Å². The summed E-state index contributed by atoms with van der Waals surface area (Å²) in [6, 6.07) is 8.40. The second-order valence-corrected chi connectivity index (χ2v) is 17.2. The van der Waals surface area contributed by atoms with Crippen molar-refractivity contribution < 1.29 is 9.53 Å². The molecule has 0 aliphatic heterocycles. The molecule has 1 aromatic carbocycles. The van der Waals surface area contributed by atoms with Gasteiger partial charge in [0.25, 0.3) is 0 Å². The first kappa shape index (κ1) is 27.7. The van der Waals surface area contributed by atoms with Crippen molar-refractivity contribution in [1.82, 2.24) is 9.61 Å². The van der Waals surface area contributed by atoms with Crippen LogP contribution in [0.3, 0.4) is 0 Å². The number of anilines is 1. The molecule has 9 heteroatoms. The van der Waals surface area contributed by atoms with Crippen LogP contribution in [-0.2, 0) is 6.42 Å². The molecule has 7 nitrogen and oxygen atoms in total. The number of aliphatic hydroxyl groups excluding tert-OH is 1. The van der Waals surface area contributed by atoms with Crippen LogP contribution >= 0.6 is 15.9 Å². The van der Waals surface area contributed by atoms with E-state index in [1.165, 1.54) is 0 Å². The van der Waals surface area contributed by atoms with E-state index in [0.717, 1.165) is 70.3 Å². The summed E-state index contributed by atoms with van der Waals surface area (Å²) in [5.74, 6) is 1.31. The van der Waals surface area contributed by atoms with Gasteiger partial charge in [-0.3, -0.25) is 0 Å². The lowest BCUT2D eigenvalue weighted by Crippen LogP contribution is -2.43. The number of aryl methyl sites for hydroxylation is 1. The van der Waals surface area contributed by atoms with Crippen LogP contribution in [0.4, 0.5) is 11.4 Å². The number of nitrogens with one attached hydrogen (secondary N) is 1. The highest BCUT2D eigenvalue weighted by molar-refractivity contribution is 9.10. The topological polar surface area (TPSA) is 97.2 Å². The molecule has 1 saturated carbocycles. The molecule has 0 bridgehead atoms. The Labute approximate surface area is 229 Å². The minimum absolute atomic E-state index is 0.125. The van der Waals surface area contributed by atoms with Gasteiger partial charge in [-0.1, -0.05) is 27.7 Å². The number of fused-ring (bicyclic) bond motifs is 1. The standard InChI is InChI=1S/C28H40BrN5O2Si/c1-7-18-14-22(36-37(5,6)28(2,3)4)12-13-24(18)33-27(30)23-16-31-34-17-19(29)15-25(34)26(23)32-20-8-10-21(35)11-9-20/h12-17,20-21,32,35H,7-11H2,1-6H3,(H2,30,33). The maximum atomic E-state index is 9.95. The average Bonchev–Trinajstić information content (AvgIpc) is 3.21. The molecule has 2 aromatic heterocycles. The third kappa shape index (κ3) is 6.21. The number of halogens is 1. The number of rotatable bonds is 7. The minimum atomic E-state index is -1.94. The van der Waals surface area contributed by atoms with Crippen LogP contribution in [0.5, 0.6) is 5.75 Å². The van der Waals surface area contributed by atoms with Crippen LogP contribution in [0.15, 0.2) is 46.1 Å². The van der Waals surface area contributed by atoms with E-state index in [-0.39, 0.29) is 17.2 Å². The number of aliphatic imine (C=N–C) groups is 1. The van der Waals surface area contributed by atoms with Crippen molar-refractivity contribution in [3.05, 3.63) is 52.3 Å². The largest absolute Gasteiger partial charge is 0.543 e. The molecule has 2 heterocycles. The zero-order valence-corrected chi connectivity index (χ0v) is 25.4. The molecule has 200 valence electrons. The van der Waals surface area contributed by atoms with Crippen LogP contribution in [0.25, 0.3) is 5.52 Å². The van der Waals surface area contributed by atoms with Gasteiger partial charge in [-0.05, 0) is 96.0 Å². The van der Waals surface area contributed by atoms with E-state index in [1.807, 2.05) is 28.9 Å². The maximum absolute atomic E-state index is 9.95. The number of amidine groups is 1. The van der Waals surface area contributed by atoms with E-state index in [0.29, 0.717) is 5.84 Å². The lowest BCUT2D eigenvalue weighted by Gasteiger charge is -2.36. The lowest BCUT2D eigenvalue weighted by atomic mass is 9.93. The molecule has 0 spiro atoms. The predicted octanol–water partition coefficient (Wildman–Crippen LogP) is 6.80. The van der Waals surface area contributed by atoms with E-state index in [2.05, 4.69) is 73.2 Å². The Hall–Kier alpha value is -2.36. The molecule has 37 heavy (non-hydrogen) atoms. The second kappa shape index (κ2) is 10.8. The van der Waals surface area contributed by atoms with Crippen molar-refractivity contribution in [2.75, 3.05) is 5.32 Å². The molecule has 1 fully saturated rings. The SMILES string of the molecule is CCc1cc(O[Si](C)(C)C(C)(C)C)ccc1N=C(N)c1cnn2cc(Br)cc2c1NC1CCC(O)CC1. The van der Waals surface area contributed by atoms with Crippen molar-refractivity contribution in [2.24, 2.45) is 10.7 Å². The van der Waals surface area contributed by atoms with E-state index in [1.54, 1.807) is 6.20 Å². The number of hydrogen-bond donors (Lipinski definition) is 3. The summed E-state index contributed by atoms with van der Waals surface area (Å²) in [7, 11) is -1.94. The molecule has 1 aliphatic carbocycles. The third-order valence-corrected chi connectivity index (χ3v) is 12.6. The number of nitrogens with zero attached hydrogens (tertiary/aromatic N) is 3. The van der Waals surface area contributed by atoms with E-state index < -0.39 is 8.32 Å². The molecule has 4 N–H and O–H groups in total. The molecule has 3 aromatic rings. The van der Waals surface area contributed by atoms with Gasteiger partial charge in [0.1, 0.15) is 11.6 Å². The van der Waals surface area contributed by atoms with Gasteiger partial charge in [0.2, 0.25) is 8.32 Å². The zero-order chi connectivity index (χ0) is 27.0. The molecule has 1 aliphatic rings. The first-order chi connectivity index (χ1) is 17.4. The Kier molecular flexibility index (Phi) is 8.06. The molecular weight excluding hydrogens is 546 g/mol. The smallest absolute Gasteiger partial charge is 0.250 e. The minimum Gasteiger partial charge on any atom is -0.543 e. The first-order valence-electron chi connectivity index (χ1n) is 13.2. The highest BCUT2D eigenvalue weighted by atomic mass is 79.9. The van der Waals surface area contributed by atoms with Crippen molar-refractivity contribution in [3.8, 4) is 5.75 Å². The number of nitrogens with two attached hydrogens (primary N) is 1. The highest BCUT2D eigenvalue weighted by Crippen LogP contribution is 2.38. The summed E-state index contributed by atoms with van der Waals surface area (Å²) in [5.41, 5.74) is 11.2. The summed E-state index contributed by atoms with van der Waals surface area (Å²) in [4.78, 5) is 4.88. The fraction of sp³-hybridized carbons (Fsp3) is 0.500. The van der Waals surface area contributed by atoms with Gasteiger partial charge in [0, 0.05) is 16.7 Å². The Balaban J connectivity index is 1.69. The first-order valence-corrected chi connectivity index (χ1v) is 16.9. The van der Waals surface area contributed by atoms with Crippen LogP contribution in [0, 0.1) is 0 Å². The van der Waals surface area contributed by atoms with Gasteiger partial charge in [0.15, 0.2) is 0 Å². The monoisotopic (exact) mass is 585 g/mol. The predicted molar refractivity (Wildman–Crippen MR) is 159 cm³/mol. The fourth-order valence-electron chi connectivity index (χ4n) is 4.45. The quantitative estimate of drug-likeness (QED) is 0.161. The normalized spacial score (nSPS) is 19.3. The Morgan fingerprint density at radius 2 is 1.95 bits per heavy atom. The number of aliphatic hydroxyl groups is 1. The van der Waals surface area contributed by atoms with Crippen molar-refractivity contribution in [1.29, 1.82) is 0 Å². The van der Waals surface area contributed by atoms with Crippen molar-refractivity contribution >= 4 is 47.0 Å². The summed E-state index contributed by atoms with van der Waals surface area (Å²) in [5, 5.41) is 18.4. The molecule has 0 atom stereocenters. The zero-order valence-electron chi connectivity index (χ0n) is 22.8. The highest BCUT2D eigenvalue weighted by Gasteiger charge is 2.39.